The number of alkyl halides is 3. The van der Waals surface area contributed by atoms with E-state index < -0.39 is 29.7 Å². The molecule has 1 saturated carbocycles. The molecule has 0 radical (unpaired) electrons. The zero-order valence-corrected chi connectivity index (χ0v) is 22.2. The van der Waals surface area contributed by atoms with Gasteiger partial charge in [-0.2, -0.15) is 0 Å². The molecule has 3 aliphatic rings. The van der Waals surface area contributed by atoms with Gasteiger partial charge in [0.1, 0.15) is 17.9 Å². The van der Waals surface area contributed by atoms with Gasteiger partial charge in [0.25, 0.3) is 5.56 Å². The molecule has 3 aromatic carbocycles. The van der Waals surface area contributed by atoms with E-state index in [0.29, 0.717) is 24.3 Å². The fourth-order valence-electron chi connectivity index (χ4n) is 5.88. The fraction of sp³-hybridized carbons (Fsp3) is 0.333. The van der Waals surface area contributed by atoms with Gasteiger partial charge < -0.3 is 19.5 Å². The van der Waals surface area contributed by atoms with Crippen molar-refractivity contribution in [2.45, 2.75) is 37.1 Å². The second-order valence-corrected chi connectivity index (χ2v) is 10.7. The lowest BCUT2D eigenvalue weighted by atomic mass is 10.0. The third kappa shape index (κ3) is 4.89. The van der Waals surface area contributed by atoms with E-state index in [1.807, 2.05) is 6.07 Å². The molecular formula is C30H26F4N4O4. The third-order valence-electron chi connectivity index (χ3n) is 8.14. The summed E-state index contributed by atoms with van der Waals surface area (Å²) in [4.78, 5) is 20.0. The van der Waals surface area contributed by atoms with Crippen LogP contribution in [-0.2, 0) is 9.47 Å². The van der Waals surface area contributed by atoms with Crippen LogP contribution in [0.2, 0.25) is 0 Å². The SMILES string of the molecule is O=c1c2ccc(-c3ccccc3)c(F)c2ncn1-c1ccc(OC(F)(F)F)c(NC2OC2C2(N3CCOCC3)CC2)c1. The number of hydrogen-bond acceptors (Lipinski definition) is 7. The number of halogens is 4. The first-order valence-electron chi connectivity index (χ1n) is 13.6. The number of fused-ring (bicyclic) bond motifs is 1. The van der Waals surface area contributed by atoms with Gasteiger partial charge in [-0.15, -0.1) is 13.2 Å². The molecule has 4 aromatic rings. The van der Waals surface area contributed by atoms with Crippen LogP contribution in [0, 0.1) is 5.82 Å². The minimum atomic E-state index is -4.93. The summed E-state index contributed by atoms with van der Waals surface area (Å²) in [6, 6.07) is 15.7. The van der Waals surface area contributed by atoms with Crippen molar-refractivity contribution in [3.8, 4) is 22.6 Å². The van der Waals surface area contributed by atoms with Crippen LogP contribution in [0.15, 0.2) is 71.8 Å². The highest BCUT2D eigenvalue weighted by atomic mass is 19.4. The number of hydrogen-bond donors (Lipinski definition) is 1. The Bertz CT molecular complexity index is 1700. The predicted octanol–water partition coefficient (Wildman–Crippen LogP) is 5.09. The predicted molar refractivity (Wildman–Crippen MR) is 146 cm³/mol. The number of benzene rings is 3. The zero-order valence-electron chi connectivity index (χ0n) is 22.2. The van der Waals surface area contributed by atoms with Crippen molar-refractivity contribution in [1.29, 1.82) is 0 Å². The van der Waals surface area contributed by atoms with E-state index in [1.54, 1.807) is 24.3 Å². The van der Waals surface area contributed by atoms with Crippen LogP contribution in [-0.4, -0.2) is 65.0 Å². The Morgan fingerprint density at radius 1 is 1.02 bits per heavy atom. The van der Waals surface area contributed by atoms with E-state index in [4.69, 9.17) is 9.47 Å². The molecule has 1 aliphatic carbocycles. The molecule has 2 saturated heterocycles. The Labute approximate surface area is 237 Å². The van der Waals surface area contributed by atoms with E-state index in [2.05, 4.69) is 19.9 Å². The van der Waals surface area contributed by atoms with Crippen LogP contribution in [0.3, 0.4) is 0 Å². The number of nitrogens with zero attached hydrogens (tertiary/aromatic N) is 3. The Morgan fingerprint density at radius 2 is 1.79 bits per heavy atom. The summed E-state index contributed by atoms with van der Waals surface area (Å²) in [5, 5.41) is 3.08. The number of anilines is 1. The first kappa shape index (κ1) is 26.9. The van der Waals surface area contributed by atoms with Crippen LogP contribution in [0.5, 0.6) is 5.75 Å². The highest BCUT2D eigenvalue weighted by molar-refractivity contribution is 5.84. The summed E-state index contributed by atoms with van der Waals surface area (Å²) in [6.07, 6.45) is -2.63. The first-order valence-corrected chi connectivity index (χ1v) is 13.6. The summed E-state index contributed by atoms with van der Waals surface area (Å²) >= 11 is 0. The van der Waals surface area contributed by atoms with Crippen LogP contribution in [0.25, 0.3) is 27.7 Å². The number of ether oxygens (including phenoxy) is 3. The average Bonchev–Trinajstić information content (AvgIpc) is 3.91. The van der Waals surface area contributed by atoms with Crippen molar-refractivity contribution in [2.24, 2.45) is 0 Å². The quantitative estimate of drug-likeness (QED) is 0.240. The number of morpholine rings is 1. The van der Waals surface area contributed by atoms with E-state index in [-0.39, 0.29) is 33.9 Å². The molecule has 2 atom stereocenters. The Balaban J connectivity index is 1.21. The van der Waals surface area contributed by atoms with Gasteiger partial charge in [0, 0.05) is 18.7 Å². The van der Waals surface area contributed by atoms with E-state index in [1.165, 1.54) is 30.6 Å². The molecule has 1 N–H and O–H groups in total. The molecule has 42 heavy (non-hydrogen) atoms. The largest absolute Gasteiger partial charge is 0.573 e. The van der Waals surface area contributed by atoms with Crippen LogP contribution >= 0.6 is 0 Å². The standard InChI is InChI=1S/C30H26F4N4O4/c31-24-20(18-4-2-1-3-5-18)7-8-21-25(24)35-17-38(28(21)39)19-6-9-23(42-30(32,33)34)22(16-19)36-27-26(41-27)29(10-11-29)37-12-14-40-15-13-37/h1-9,16-17,26-27,36H,10-15H2. The molecular weight excluding hydrogens is 556 g/mol. The minimum absolute atomic E-state index is 0.00713. The molecule has 1 aromatic heterocycles. The highest BCUT2D eigenvalue weighted by Gasteiger charge is 2.64. The highest BCUT2D eigenvalue weighted by Crippen LogP contribution is 2.53. The molecule has 8 nitrogen and oxygen atoms in total. The van der Waals surface area contributed by atoms with Crippen molar-refractivity contribution < 1.29 is 31.8 Å². The summed E-state index contributed by atoms with van der Waals surface area (Å²) in [5.74, 6) is -1.09. The lowest BCUT2D eigenvalue weighted by molar-refractivity contribution is -0.274. The molecule has 218 valence electrons. The van der Waals surface area contributed by atoms with Gasteiger partial charge in [-0.1, -0.05) is 36.4 Å². The smallest absolute Gasteiger partial charge is 0.404 e. The van der Waals surface area contributed by atoms with E-state index in [9.17, 15) is 18.0 Å². The lowest BCUT2D eigenvalue weighted by Crippen LogP contribution is -2.48. The molecule has 0 spiro atoms. The average molecular weight is 583 g/mol. The maximum atomic E-state index is 15.4. The Hall–Kier alpha value is -4.00. The van der Waals surface area contributed by atoms with Gasteiger partial charge in [-0.3, -0.25) is 14.3 Å². The van der Waals surface area contributed by atoms with Gasteiger partial charge in [0.2, 0.25) is 0 Å². The minimum Gasteiger partial charge on any atom is -0.404 e. The molecule has 3 heterocycles. The maximum absolute atomic E-state index is 15.4. The fourth-order valence-corrected chi connectivity index (χ4v) is 5.88. The van der Waals surface area contributed by atoms with E-state index >= 15 is 4.39 Å². The van der Waals surface area contributed by atoms with Crippen molar-refractivity contribution >= 4 is 16.6 Å². The topological polar surface area (TPSA) is 81.2 Å². The van der Waals surface area contributed by atoms with Gasteiger partial charge in [0.15, 0.2) is 17.8 Å². The van der Waals surface area contributed by atoms with Gasteiger partial charge in [-0.05, 0) is 42.7 Å². The van der Waals surface area contributed by atoms with Crippen LogP contribution in [0.1, 0.15) is 12.8 Å². The van der Waals surface area contributed by atoms with Crippen molar-refractivity contribution in [1.82, 2.24) is 14.5 Å². The number of nitrogens with one attached hydrogen (secondary N) is 1. The van der Waals surface area contributed by atoms with E-state index in [0.717, 1.165) is 36.6 Å². The van der Waals surface area contributed by atoms with Gasteiger partial charge in [-0.25, -0.2) is 9.37 Å². The summed E-state index contributed by atoms with van der Waals surface area (Å²) < 4.78 is 72.0. The number of aromatic nitrogens is 2. The Morgan fingerprint density at radius 3 is 2.50 bits per heavy atom. The summed E-state index contributed by atoms with van der Waals surface area (Å²) in [6.45, 7) is 2.81. The molecule has 3 fully saturated rings. The number of rotatable bonds is 7. The van der Waals surface area contributed by atoms with Crippen molar-refractivity contribution in [2.75, 3.05) is 31.6 Å². The summed E-state index contributed by atoms with van der Waals surface area (Å²) in [7, 11) is 0. The molecule has 2 unspecified atom stereocenters. The normalized spacial score (nSPS) is 21.7. The van der Waals surface area contributed by atoms with Crippen LogP contribution < -0.4 is 15.6 Å². The monoisotopic (exact) mass is 582 g/mol. The first-order chi connectivity index (χ1) is 20.2. The second-order valence-electron chi connectivity index (χ2n) is 10.7. The number of epoxide rings is 1. The zero-order chi connectivity index (χ0) is 29.1. The molecule has 0 amide bonds. The molecule has 2 aliphatic heterocycles. The molecule has 0 bridgehead atoms. The van der Waals surface area contributed by atoms with Gasteiger partial charge in [0.05, 0.1) is 35.5 Å². The third-order valence-corrected chi connectivity index (χ3v) is 8.14. The molecule has 12 heteroatoms. The summed E-state index contributed by atoms with van der Waals surface area (Å²) in [5.41, 5.74) is 0.349. The van der Waals surface area contributed by atoms with Gasteiger partial charge >= 0.3 is 6.36 Å². The molecule has 7 rings (SSSR count). The Kier molecular flexibility index (Phi) is 6.44. The van der Waals surface area contributed by atoms with Crippen molar-refractivity contribution in [3.63, 3.8) is 0 Å². The van der Waals surface area contributed by atoms with Crippen LogP contribution in [0.4, 0.5) is 23.2 Å². The lowest BCUT2D eigenvalue weighted by Gasteiger charge is -2.34. The second kappa shape index (κ2) is 10.1. The van der Waals surface area contributed by atoms with Crippen molar-refractivity contribution in [3.05, 3.63) is 83.2 Å². The maximum Gasteiger partial charge on any atom is 0.573 e.